The zero-order chi connectivity index (χ0) is 23.6. The van der Waals surface area contributed by atoms with E-state index >= 15 is 0 Å². The molecular formula is C22H22F3N5O3. The van der Waals surface area contributed by atoms with Crippen LogP contribution in [0.2, 0.25) is 0 Å². The third-order valence-corrected chi connectivity index (χ3v) is 5.79. The Kier molecular flexibility index (Phi) is 6.21. The number of benzene rings is 1. The lowest BCUT2D eigenvalue weighted by atomic mass is 9.94. The van der Waals surface area contributed by atoms with E-state index < -0.39 is 22.9 Å². The van der Waals surface area contributed by atoms with Crippen molar-refractivity contribution in [2.45, 2.75) is 44.4 Å². The Hall–Kier alpha value is -3.63. The minimum Gasteiger partial charge on any atom is -0.334 e. The largest absolute Gasteiger partial charge is 0.416 e. The van der Waals surface area contributed by atoms with E-state index in [1.54, 1.807) is 11.1 Å². The topological polar surface area (TPSA) is 104 Å². The number of H-pyrrole nitrogens is 2. The molecule has 2 aromatic heterocycles. The number of hydrogen-bond acceptors (Lipinski definition) is 4. The van der Waals surface area contributed by atoms with Gasteiger partial charge in [0.1, 0.15) is 0 Å². The fraction of sp³-hybridized carbons (Fsp3) is 0.364. The maximum absolute atomic E-state index is 13.0. The zero-order valence-electron chi connectivity index (χ0n) is 17.6. The number of amides is 1. The second kappa shape index (κ2) is 9.08. The molecule has 1 amide bonds. The average molecular weight is 461 g/mol. The molecule has 1 aromatic carbocycles. The summed E-state index contributed by atoms with van der Waals surface area (Å²) in [6, 6.07) is 6.78. The van der Waals surface area contributed by atoms with Crippen LogP contribution in [0, 0.1) is 0 Å². The molecule has 174 valence electrons. The standard InChI is InChI=1S/C22H22F3N5O3/c23-22(24,25)15-6-4-14(5-7-15)16-13-26-27-21(16)17-3-1-2-11-29(17)19(32)10-12-30-20(33)9-8-18(31)28-30/h4-9,13,17H,1-3,10-12H2,(H,26,27)(H,28,31)/t17-/m1/s1. The summed E-state index contributed by atoms with van der Waals surface area (Å²) in [5.74, 6) is -0.190. The van der Waals surface area contributed by atoms with Gasteiger partial charge in [-0.1, -0.05) is 12.1 Å². The summed E-state index contributed by atoms with van der Waals surface area (Å²) in [7, 11) is 0. The highest BCUT2D eigenvalue weighted by Gasteiger charge is 2.32. The van der Waals surface area contributed by atoms with Crippen LogP contribution in [0.15, 0.2) is 52.2 Å². The van der Waals surface area contributed by atoms with Crippen molar-refractivity contribution in [2.75, 3.05) is 6.54 Å². The number of likely N-dealkylation sites (tertiary alicyclic amines) is 1. The molecule has 0 bridgehead atoms. The van der Waals surface area contributed by atoms with Gasteiger partial charge >= 0.3 is 6.18 Å². The number of aromatic amines is 2. The number of carbonyl (C=O) groups is 1. The van der Waals surface area contributed by atoms with Gasteiger partial charge in [0.15, 0.2) is 0 Å². The van der Waals surface area contributed by atoms with E-state index in [9.17, 15) is 27.6 Å². The molecule has 33 heavy (non-hydrogen) atoms. The molecule has 0 aliphatic carbocycles. The minimum atomic E-state index is -4.42. The second-order valence-corrected chi connectivity index (χ2v) is 7.92. The number of aryl methyl sites for hydroxylation is 1. The quantitative estimate of drug-likeness (QED) is 0.609. The minimum absolute atomic E-state index is 0.0140. The van der Waals surface area contributed by atoms with E-state index in [0.717, 1.165) is 41.8 Å². The molecule has 3 aromatic rings. The van der Waals surface area contributed by atoms with Gasteiger partial charge in [-0.3, -0.25) is 24.6 Å². The van der Waals surface area contributed by atoms with Gasteiger partial charge in [0, 0.05) is 30.7 Å². The van der Waals surface area contributed by atoms with Crippen LogP contribution in [0.4, 0.5) is 13.2 Å². The monoisotopic (exact) mass is 461 g/mol. The van der Waals surface area contributed by atoms with Crippen LogP contribution in [0.1, 0.15) is 43.0 Å². The number of aromatic nitrogens is 4. The lowest BCUT2D eigenvalue weighted by Crippen LogP contribution is -2.40. The van der Waals surface area contributed by atoms with Crippen LogP contribution in [0.3, 0.4) is 0 Å². The SMILES string of the molecule is O=C(CCn1[nH]c(=O)ccc1=O)N1CCCC[C@@H]1c1[nH]ncc1-c1ccc(C(F)(F)F)cc1. The molecular weight excluding hydrogens is 439 g/mol. The maximum atomic E-state index is 13.0. The maximum Gasteiger partial charge on any atom is 0.416 e. The van der Waals surface area contributed by atoms with Crippen molar-refractivity contribution >= 4 is 5.91 Å². The predicted molar refractivity (Wildman–Crippen MR) is 113 cm³/mol. The Labute approximate surface area is 186 Å². The first-order valence-corrected chi connectivity index (χ1v) is 10.5. The molecule has 0 spiro atoms. The molecule has 0 unspecified atom stereocenters. The van der Waals surface area contributed by atoms with E-state index in [2.05, 4.69) is 15.3 Å². The van der Waals surface area contributed by atoms with Crippen LogP contribution in [0.25, 0.3) is 11.1 Å². The first kappa shape index (κ1) is 22.6. The number of carbonyl (C=O) groups excluding carboxylic acids is 1. The zero-order valence-corrected chi connectivity index (χ0v) is 17.6. The molecule has 1 aliphatic heterocycles. The molecule has 1 fully saturated rings. The lowest BCUT2D eigenvalue weighted by Gasteiger charge is -2.36. The van der Waals surface area contributed by atoms with Crippen LogP contribution in [0.5, 0.6) is 0 Å². The van der Waals surface area contributed by atoms with Crippen molar-refractivity contribution < 1.29 is 18.0 Å². The van der Waals surface area contributed by atoms with E-state index in [1.807, 2.05) is 0 Å². The fourth-order valence-electron chi connectivity index (χ4n) is 4.13. The van der Waals surface area contributed by atoms with Crippen LogP contribution in [-0.2, 0) is 17.5 Å². The van der Waals surface area contributed by atoms with Gasteiger partial charge in [0.05, 0.1) is 30.0 Å². The summed E-state index contributed by atoms with van der Waals surface area (Å²) in [4.78, 5) is 38.1. The fourth-order valence-corrected chi connectivity index (χ4v) is 4.13. The number of rotatable bonds is 5. The molecule has 0 radical (unpaired) electrons. The molecule has 1 saturated heterocycles. The van der Waals surface area contributed by atoms with Gasteiger partial charge in [0.25, 0.3) is 11.1 Å². The van der Waals surface area contributed by atoms with Crippen LogP contribution in [-0.4, -0.2) is 37.3 Å². The van der Waals surface area contributed by atoms with Crippen molar-refractivity contribution in [2.24, 2.45) is 0 Å². The highest BCUT2D eigenvalue weighted by atomic mass is 19.4. The van der Waals surface area contributed by atoms with Crippen LogP contribution >= 0.6 is 0 Å². The molecule has 4 rings (SSSR count). The Morgan fingerprint density at radius 1 is 1.09 bits per heavy atom. The molecule has 11 heteroatoms. The van der Waals surface area contributed by atoms with Crippen molar-refractivity contribution in [3.05, 3.63) is 74.6 Å². The normalized spacial score (nSPS) is 16.7. The van der Waals surface area contributed by atoms with E-state index in [-0.39, 0.29) is 24.9 Å². The Morgan fingerprint density at radius 2 is 1.85 bits per heavy atom. The van der Waals surface area contributed by atoms with Crippen LogP contribution < -0.4 is 11.1 Å². The number of nitrogens with zero attached hydrogens (tertiary/aromatic N) is 3. The molecule has 2 N–H and O–H groups in total. The molecule has 1 aliphatic rings. The third-order valence-electron chi connectivity index (χ3n) is 5.79. The number of hydrogen-bond donors (Lipinski definition) is 2. The van der Waals surface area contributed by atoms with E-state index in [1.165, 1.54) is 12.1 Å². The summed E-state index contributed by atoms with van der Waals surface area (Å²) in [6.07, 6.45) is -0.498. The summed E-state index contributed by atoms with van der Waals surface area (Å²) in [5, 5.41) is 9.41. The first-order chi connectivity index (χ1) is 15.7. The van der Waals surface area contributed by atoms with Crippen molar-refractivity contribution in [3.8, 4) is 11.1 Å². The smallest absolute Gasteiger partial charge is 0.334 e. The Balaban J connectivity index is 1.55. The third kappa shape index (κ3) is 4.91. The highest BCUT2D eigenvalue weighted by Crippen LogP contribution is 2.37. The first-order valence-electron chi connectivity index (χ1n) is 10.5. The highest BCUT2D eigenvalue weighted by molar-refractivity contribution is 5.77. The Bertz CT molecular complexity index is 1240. The van der Waals surface area contributed by atoms with Gasteiger partial charge in [-0.05, 0) is 37.0 Å². The van der Waals surface area contributed by atoms with Gasteiger partial charge in [-0.2, -0.15) is 18.3 Å². The van der Waals surface area contributed by atoms with Gasteiger partial charge < -0.3 is 4.90 Å². The second-order valence-electron chi connectivity index (χ2n) is 7.92. The van der Waals surface area contributed by atoms with Gasteiger partial charge in [-0.15, -0.1) is 0 Å². The van der Waals surface area contributed by atoms with Gasteiger partial charge in [0.2, 0.25) is 5.91 Å². The number of piperidine rings is 1. The molecule has 3 heterocycles. The number of nitrogens with one attached hydrogen (secondary N) is 2. The number of alkyl halides is 3. The molecule has 1 atom stereocenters. The summed E-state index contributed by atoms with van der Waals surface area (Å²) >= 11 is 0. The number of halogens is 3. The van der Waals surface area contributed by atoms with E-state index in [0.29, 0.717) is 29.8 Å². The van der Waals surface area contributed by atoms with Crippen molar-refractivity contribution in [1.82, 2.24) is 24.9 Å². The van der Waals surface area contributed by atoms with Crippen molar-refractivity contribution in [1.29, 1.82) is 0 Å². The summed E-state index contributed by atoms with van der Waals surface area (Å²) in [5.41, 5.74) is 0.288. The summed E-state index contributed by atoms with van der Waals surface area (Å²) in [6.45, 7) is 0.543. The van der Waals surface area contributed by atoms with Crippen molar-refractivity contribution in [3.63, 3.8) is 0 Å². The predicted octanol–water partition coefficient (Wildman–Crippen LogP) is 3.09. The Morgan fingerprint density at radius 3 is 2.58 bits per heavy atom. The van der Waals surface area contributed by atoms with E-state index in [4.69, 9.17) is 0 Å². The lowest BCUT2D eigenvalue weighted by molar-refractivity contribution is -0.137. The molecule has 0 saturated carbocycles. The van der Waals surface area contributed by atoms with Gasteiger partial charge in [-0.25, -0.2) is 4.68 Å². The summed E-state index contributed by atoms with van der Waals surface area (Å²) < 4.78 is 39.8. The average Bonchev–Trinajstić information content (AvgIpc) is 3.29. The molecule has 8 nitrogen and oxygen atoms in total.